The second kappa shape index (κ2) is 11.5. The smallest absolute Gasteiger partial charge is 0.430 e. The van der Waals surface area contributed by atoms with Gasteiger partial charge in [0.25, 0.3) is 5.69 Å². The number of non-ortho nitro benzene ring substituents is 1. The van der Waals surface area contributed by atoms with E-state index in [9.17, 15) is 14.9 Å². The van der Waals surface area contributed by atoms with Gasteiger partial charge in [0.2, 0.25) is 0 Å². The van der Waals surface area contributed by atoms with Gasteiger partial charge in [-0.3, -0.25) is 10.1 Å². The Labute approximate surface area is 240 Å². The Bertz CT molecular complexity index is 1110. The molecule has 3 fully saturated rings. The number of carbonyl (C=O) groups excluding carboxylic acids is 1. The second-order valence-corrected chi connectivity index (χ2v) is 14.4. The molecule has 5 rings (SSSR count). The molecule has 0 amide bonds. The third-order valence-electron chi connectivity index (χ3n) is 11.8. The van der Waals surface area contributed by atoms with E-state index in [-0.39, 0.29) is 23.0 Å². The predicted octanol–water partition coefficient (Wildman–Crippen LogP) is 9.52. The van der Waals surface area contributed by atoms with Crippen LogP contribution in [-0.2, 0) is 4.74 Å². The monoisotopic (exact) mass is 551 g/mol. The molecule has 4 aliphatic carbocycles. The standard InChI is InChI=1S/C34H49NO5/c1-22(2)7-6-8-23(3)29-15-16-30-28-14-9-24-21-27(17-19-33(24,4)31(28)18-20-34(29,30)5)40-32(36)39-26-12-10-25(11-13-26)35(37)38/h9-13,22-23,27-31H,6-8,14-21H2,1-5H3/t23?,27-,28-,29+,30-,31-,33-,34+/m0/s1. The molecule has 0 aliphatic heterocycles. The van der Waals surface area contributed by atoms with Gasteiger partial charge in [-0.1, -0.05) is 65.5 Å². The molecule has 0 aromatic heterocycles. The van der Waals surface area contributed by atoms with Crippen molar-refractivity contribution < 1.29 is 19.2 Å². The average molecular weight is 552 g/mol. The van der Waals surface area contributed by atoms with E-state index in [4.69, 9.17) is 9.47 Å². The van der Waals surface area contributed by atoms with Gasteiger partial charge in [0.05, 0.1) is 4.92 Å². The highest BCUT2D eigenvalue weighted by molar-refractivity contribution is 5.64. The summed E-state index contributed by atoms with van der Waals surface area (Å²) in [6.45, 7) is 12.4. The molecule has 4 aliphatic rings. The molecule has 1 unspecified atom stereocenters. The molecule has 6 heteroatoms. The topological polar surface area (TPSA) is 78.7 Å². The molecule has 8 atom stereocenters. The molecule has 0 bridgehead atoms. The lowest BCUT2D eigenvalue weighted by molar-refractivity contribution is -0.384. The lowest BCUT2D eigenvalue weighted by Gasteiger charge is -2.58. The van der Waals surface area contributed by atoms with Crippen LogP contribution in [0.15, 0.2) is 35.9 Å². The minimum atomic E-state index is -0.732. The van der Waals surface area contributed by atoms with E-state index in [2.05, 4.69) is 40.7 Å². The number of benzene rings is 1. The summed E-state index contributed by atoms with van der Waals surface area (Å²) in [5.74, 6) is 5.11. The third-order valence-corrected chi connectivity index (χ3v) is 11.8. The zero-order valence-corrected chi connectivity index (χ0v) is 25.2. The fourth-order valence-electron chi connectivity index (χ4n) is 9.64. The van der Waals surface area contributed by atoms with Gasteiger partial charge in [-0.25, -0.2) is 4.79 Å². The zero-order valence-electron chi connectivity index (χ0n) is 25.2. The Hall–Kier alpha value is -2.37. The molecule has 1 aromatic carbocycles. The highest BCUT2D eigenvalue weighted by Crippen LogP contribution is 2.67. The van der Waals surface area contributed by atoms with Crippen molar-refractivity contribution in [1.29, 1.82) is 0 Å². The van der Waals surface area contributed by atoms with E-state index in [1.807, 2.05) is 0 Å². The first kappa shape index (κ1) is 29.1. The van der Waals surface area contributed by atoms with Gasteiger partial charge in [-0.05, 0) is 103 Å². The van der Waals surface area contributed by atoms with E-state index in [1.54, 1.807) is 0 Å². The number of hydrogen-bond donors (Lipinski definition) is 0. The molecular formula is C34H49NO5. The number of nitro groups is 1. The average Bonchev–Trinajstić information content (AvgIpc) is 3.26. The number of allylic oxidation sites excluding steroid dienone is 1. The van der Waals surface area contributed by atoms with Crippen molar-refractivity contribution in [3.8, 4) is 5.75 Å². The van der Waals surface area contributed by atoms with Crippen LogP contribution in [0.1, 0.15) is 105 Å². The van der Waals surface area contributed by atoms with Crippen molar-refractivity contribution in [2.45, 2.75) is 111 Å². The van der Waals surface area contributed by atoms with Gasteiger partial charge < -0.3 is 9.47 Å². The minimum Gasteiger partial charge on any atom is -0.430 e. The van der Waals surface area contributed by atoms with Crippen LogP contribution < -0.4 is 4.74 Å². The molecule has 0 N–H and O–H groups in total. The number of fused-ring (bicyclic) bond motifs is 5. The Morgan fingerprint density at radius 1 is 1.02 bits per heavy atom. The lowest BCUT2D eigenvalue weighted by atomic mass is 9.47. The van der Waals surface area contributed by atoms with Crippen molar-refractivity contribution in [1.82, 2.24) is 0 Å². The van der Waals surface area contributed by atoms with Crippen LogP contribution in [0, 0.1) is 56.5 Å². The van der Waals surface area contributed by atoms with Crippen LogP contribution in [0.2, 0.25) is 0 Å². The van der Waals surface area contributed by atoms with E-state index in [0.717, 1.165) is 54.8 Å². The van der Waals surface area contributed by atoms with Crippen molar-refractivity contribution in [3.63, 3.8) is 0 Å². The van der Waals surface area contributed by atoms with Crippen LogP contribution in [0.3, 0.4) is 0 Å². The van der Waals surface area contributed by atoms with E-state index >= 15 is 0 Å². The molecule has 220 valence electrons. The molecule has 6 nitrogen and oxygen atoms in total. The molecule has 0 heterocycles. The fourth-order valence-corrected chi connectivity index (χ4v) is 9.64. The van der Waals surface area contributed by atoms with E-state index in [0.29, 0.717) is 5.41 Å². The van der Waals surface area contributed by atoms with Gasteiger partial charge in [-0.15, -0.1) is 0 Å². The maximum atomic E-state index is 12.5. The van der Waals surface area contributed by atoms with Crippen LogP contribution >= 0.6 is 0 Å². The molecule has 3 saturated carbocycles. The lowest BCUT2D eigenvalue weighted by Crippen LogP contribution is -2.51. The van der Waals surface area contributed by atoms with Gasteiger partial charge in [0.1, 0.15) is 11.9 Å². The maximum absolute atomic E-state index is 12.5. The first-order valence-corrected chi connectivity index (χ1v) is 15.8. The van der Waals surface area contributed by atoms with Gasteiger partial charge in [0.15, 0.2) is 0 Å². The van der Waals surface area contributed by atoms with Crippen molar-refractivity contribution in [3.05, 3.63) is 46.0 Å². The fraction of sp³-hybridized carbons (Fsp3) is 0.735. The highest BCUT2D eigenvalue weighted by atomic mass is 16.7. The summed E-state index contributed by atoms with van der Waals surface area (Å²) in [5, 5.41) is 10.9. The number of nitrogens with zero attached hydrogens (tertiary/aromatic N) is 1. The summed E-state index contributed by atoms with van der Waals surface area (Å²) in [7, 11) is 0. The minimum absolute atomic E-state index is 0.0397. The molecule has 40 heavy (non-hydrogen) atoms. The largest absolute Gasteiger partial charge is 0.514 e. The Morgan fingerprint density at radius 3 is 2.48 bits per heavy atom. The Balaban J connectivity index is 1.20. The third kappa shape index (κ3) is 5.56. The Morgan fingerprint density at radius 2 is 1.77 bits per heavy atom. The number of hydrogen-bond acceptors (Lipinski definition) is 5. The van der Waals surface area contributed by atoms with Crippen LogP contribution in [0.4, 0.5) is 10.5 Å². The summed E-state index contributed by atoms with van der Waals surface area (Å²) >= 11 is 0. The molecular weight excluding hydrogens is 502 g/mol. The van der Waals surface area contributed by atoms with Gasteiger partial charge in [-0.2, -0.15) is 0 Å². The second-order valence-electron chi connectivity index (χ2n) is 14.4. The summed E-state index contributed by atoms with van der Waals surface area (Å²) in [6, 6.07) is 5.51. The van der Waals surface area contributed by atoms with Crippen molar-refractivity contribution >= 4 is 11.8 Å². The van der Waals surface area contributed by atoms with E-state index in [1.165, 1.54) is 81.2 Å². The number of nitro benzene ring substituents is 1. The summed E-state index contributed by atoms with van der Waals surface area (Å²) < 4.78 is 11.1. The SMILES string of the molecule is CC(C)CCCC(C)[C@H]1CC[C@H]2[C@@H]3CC=C4C[C@@H](OC(=O)Oc5ccc([N+](=O)[O-])cc5)CC[C@]4(C)[C@H]3CC[C@]12C. The Kier molecular flexibility index (Phi) is 8.37. The molecule has 0 spiro atoms. The molecule has 1 aromatic rings. The zero-order chi connectivity index (χ0) is 28.7. The van der Waals surface area contributed by atoms with Gasteiger partial charge in [0, 0.05) is 18.6 Å². The first-order chi connectivity index (χ1) is 19.0. The first-order valence-electron chi connectivity index (χ1n) is 15.8. The number of rotatable bonds is 8. The van der Waals surface area contributed by atoms with Crippen molar-refractivity contribution in [2.24, 2.45) is 46.3 Å². The molecule has 0 radical (unpaired) electrons. The van der Waals surface area contributed by atoms with Crippen LogP contribution in [0.5, 0.6) is 5.75 Å². The van der Waals surface area contributed by atoms with Crippen LogP contribution in [0.25, 0.3) is 0 Å². The molecule has 0 saturated heterocycles. The summed E-state index contributed by atoms with van der Waals surface area (Å²) in [4.78, 5) is 22.9. The predicted molar refractivity (Wildman–Crippen MR) is 157 cm³/mol. The number of carbonyl (C=O) groups is 1. The normalized spacial score (nSPS) is 35.6. The summed E-state index contributed by atoms with van der Waals surface area (Å²) in [5.41, 5.74) is 2.13. The number of ether oxygens (including phenoxy) is 2. The maximum Gasteiger partial charge on any atom is 0.514 e. The van der Waals surface area contributed by atoms with E-state index < -0.39 is 11.1 Å². The van der Waals surface area contributed by atoms with Gasteiger partial charge >= 0.3 is 6.16 Å². The van der Waals surface area contributed by atoms with Crippen molar-refractivity contribution in [2.75, 3.05) is 0 Å². The van der Waals surface area contributed by atoms with Crippen LogP contribution in [-0.4, -0.2) is 17.2 Å². The highest BCUT2D eigenvalue weighted by Gasteiger charge is 2.59. The quantitative estimate of drug-likeness (QED) is 0.106. The summed E-state index contributed by atoms with van der Waals surface area (Å²) in [6.07, 6.45) is 15.1.